The lowest BCUT2D eigenvalue weighted by molar-refractivity contribution is -0.122. The average molecular weight is 337 g/mol. The predicted octanol–water partition coefficient (Wildman–Crippen LogP) is 3.54. The van der Waals surface area contributed by atoms with Crippen LogP contribution >= 0.6 is 12.2 Å². The smallest absolute Gasteiger partial charge is 0.220 e. The van der Waals surface area contributed by atoms with E-state index in [4.69, 9.17) is 12.2 Å². The first-order valence-corrected chi connectivity index (χ1v) is 9.48. The van der Waals surface area contributed by atoms with E-state index in [-0.39, 0.29) is 5.91 Å². The lowest BCUT2D eigenvalue weighted by Gasteiger charge is -2.27. The van der Waals surface area contributed by atoms with Crippen LogP contribution in [-0.4, -0.2) is 27.2 Å². The number of aromatic amines is 1. The van der Waals surface area contributed by atoms with Crippen molar-refractivity contribution in [1.82, 2.24) is 20.1 Å². The lowest BCUT2D eigenvalue weighted by Crippen LogP contribution is -2.29. The van der Waals surface area contributed by atoms with E-state index < -0.39 is 0 Å². The Hall–Kier alpha value is -1.17. The van der Waals surface area contributed by atoms with Gasteiger partial charge in [0.1, 0.15) is 5.82 Å². The van der Waals surface area contributed by atoms with Crippen LogP contribution < -0.4 is 5.32 Å². The number of carbonyl (C=O) groups excluding carboxylic acids is 1. The molecule has 0 radical (unpaired) electrons. The number of nitrogens with one attached hydrogen (secondary N) is 2. The Kier molecular flexibility index (Phi) is 5.51. The molecule has 2 saturated carbocycles. The maximum absolute atomic E-state index is 12.2. The van der Waals surface area contributed by atoms with Gasteiger partial charge in [0.25, 0.3) is 0 Å². The summed E-state index contributed by atoms with van der Waals surface area (Å²) in [5.41, 5.74) is 0. The molecule has 2 N–H and O–H groups in total. The van der Waals surface area contributed by atoms with Crippen LogP contribution in [0.3, 0.4) is 0 Å². The van der Waals surface area contributed by atoms with Crippen molar-refractivity contribution in [2.24, 2.45) is 11.8 Å². The van der Waals surface area contributed by atoms with Gasteiger partial charge in [0.2, 0.25) is 5.91 Å². The number of amides is 1. The molecule has 0 spiro atoms. The zero-order chi connectivity index (χ0) is 16.2. The monoisotopic (exact) mass is 336 g/mol. The first-order chi connectivity index (χ1) is 11.1. The second-order valence-electron chi connectivity index (χ2n) is 7.23. The van der Waals surface area contributed by atoms with E-state index in [2.05, 4.69) is 27.0 Å². The number of rotatable bonds is 7. The van der Waals surface area contributed by atoms with Crippen molar-refractivity contribution in [3.63, 3.8) is 0 Å². The van der Waals surface area contributed by atoms with Crippen LogP contribution in [0.2, 0.25) is 0 Å². The molecule has 3 rings (SSSR count). The molecular weight excluding hydrogens is 308 g/mol. The minimum Gasteiger partial charge on any atom is -0.356 e. The molecule has 0 saturated heterocycles. The van der Waals surface area contributed by atoms with Gasteiger partial charge in [-0.05, 0) is 36.9 Å². The minimum atomic E-state index is 0.176. The Morgan fingerprint density at radius 2 is 2.09 bits per heavy atom. The Morgan fingerprint density at radius 3 is 2.78 bits per heavy atom. The number of hydrogen-bond acceptors (Lipinski definition) is 3. The normalized spacial score (nSPS) is 20.4. The fourth-order valence-corrected chi connectivity index (χ4v) is 4.07. The third kappa shape index (κ3) is 4.43. The summed E-state index contributed by atoms with van der Waals surface area (Å²) in [6.45, 7) is 2.87. The van der Waals surface area contributed by atoms with E-state index in [0.717, 1.165) is 18.2 Å². The average Bonchev–Trinajstić information content (AvgIpc) is 3.32. The summed E-state index contributed by atoms with van der Waals surface area (Å²) < 4.78 is 2.83. The highest BCUT2D eigenvalue weighted by atomic mass is 32.1. The number of nitrogens with zero attached hydrogens (tertiary/aromatic N) is 2. The van der Waals surface area contributed by atoms with E-state index in [1.807, 2.05) is 0 Å². The van der Waals surface area contributed by atoms with E-state index >= 15 is 0 Å². The van der Waals surface area contributed by atoms with Gasteiger partial charge < -0.3 is 9.88 Å². The molecule has 0 bridgehead atoms. The molecule has 128 valence electrons. The molecule has 2 aliphatic carbocycles. The molecule has 23 heavy (non-hydrogen) atoms. The molecule has 1 unspecified atom stereocenters. The van der Waals surface area contributed by atoms with Gasteiger partial charge in [0, 0.05) is 25.4 Å². The maximum atomic E-state index is 12.2. The molecule has 5 nitrogen and oxygen atoms in total. The molecule has 6 heteroatoms. The van der Waals surface area contributed by atoms with Crippen LogP contribution in [0.1, 0.15) is 70.2 Å². The summed E-state index contributed by atoms with van der Waals surface area (Å²) in [6, 6.07) is 0.526. The van der Waals surface area contributed by atoms with Gasteiger partial charge in [-0.1, -0.05) is 39.0 Å². The van der Waals surface area contributed by atoms with Gasteiger partial charge in [-0.2, -0.15) is 5.10 Å². The Balaban J connectivity index is 1.41. The van der Waals surface area contributed by atoms with Crippen molar-refractivity contribution < 1.29 is 4.79 Å². The van der Waals surface area contributed by atoms with Crippen LogP contribution in [0.4, 0.5) is 0 Å². The molecule has 1 amide bonds. The fraction of sp³-hybridized carbons (Fsp3) is 0.824. The summed E-state index contributed by atoms with van der Waals surface area (Å²) in [4.78, 5) is 12.2. The molecule has 1 atom stereocenters. The minimum absolute atomic E-state index is 0.176. The molecule has 0 aliphatic heterocycles. The summed E-state index contributed by atoms with van der Waals surface area (Å²) in [5, 5.41) is 10.2. The van der Waals surface area contributed by atoms with Crippen molar-refractivity contribution in [2.45, 2.75) is 70.8 Å². The highest BCUT2D eigenvalue weighted by Gasteiger charge is 2.27. The van der Waals surface area contributed by atoms with Crippen molar-refractivity contribution in [2.75, 3.05) is 6.54 Å². The van der Waals surface area contributed by atoms with Gasteiger partial charge in [0.15, 0.2) is 4.77 Å². The van der Waals surface area contributed by atoms with Crippen LogP contribution in [0.25, 0.3) is 0 Å². The Labute approximate surface area is 143 Å². The van der Waals surface area contributed by atoms with Crippen molar-refractivity contribution in [1.29, 1.82) is 0 Å². The number of H-pyrrole nitrogens is 1. The number of aromatic nitrogens is 3. The molecule has 1 aromatic rings. The first-order valence-electron chi connectivity index (χ1n) is 9.07. The second kappa shape index (κ2) is 7.60. The zero-order valence-corrected chi connectivity index (χ0v) is 14.8. The van der Waals surface area contributed by atoms with E-state index in [1.165, 1.54) is 44.9 Å². The third-order valence-corrected chi connectivity index (χ3v) is 5.61. The quantitative estimate of drug-likeness (QED) is 0.749. The van der Waals surface area contributed by atoms with E-state index in [1.54, 1.807) is 0 Å². The highest BCUT2D eigenvalue weighted by molar-refractivity contribution is 7.71. The van der Waals surface area contributed by atoms with Crippen molar-refractivity contribution in [3.05, 3.63) is 10.6 Å². The van der Waals surface area contributed by atoms with Crippen LogP contribution in [0.15, 0.2) is 0 Å². The second-order valence-corrected chi connectivity index (χ2v) is 7.61. The van der Waals surface area contributed by atoms with E-state index in [0.29, 0.717) is 29.7 Å². The SMILES string of the molecule is CC(CC(=O)NCCc1n[nH]c(=S)n1C1CC1)C1CCCCC1. The van der Waals surface area contributed by atoms with E-state index in [9.17, 15) is 4.79 Å². The largest absolute Gasteiger partial charge is 0.356 e. The van der Waals surface area contributed by atoms with Gasteiger partial charge >= 0.3 is 0 Å². The van der Waals surface area contributed by atoms with Crippen LogP contribution in [0, 0.1) is 16.6 Å². The summed E-state index contributed by atoms with van der Waals surface area (Å²) in [5.74, 6) is 2.38. The number of carbonyl (C=O) groups is 1. The lowest BCUT2D eigenvalue weighted by atomic mass is 9.79. The predicted molar refractivity (Wildman–Crippen MR) is 92.8 cm³/mol. The van der Waals surface area contributed by atoms with Crippen LogP contribution in [0.5, 0.6) is 0 Å². The van der Waals surface area contributed by atoms with Gasteiger partial charge in [-0.25, -0.2) is 0 Å². The summed E-state index contributed by atoms with van der Waals surface area (Å²) >= 11 is 5.28. The zero-order valence-electron chi connectivity index (χ0n) is 14.0. The number of hydrogen-bond donors (Lipinski definition) is 2. The van der Waals surface area contributed by atoms with Crippen LogP contribution in [-0.2, 0) is 11.2 Å². The van der Waals surface area contributed by atoms with Crippen molar-refractivity contribution >= 4 is 18.1 Å². The Bertz CT molecular complexity index is 584. The summed E-state index contributed by atoms with van der Waals surface area (Å²) in [6.07, 6.45) is 10.4. The third-order valence-electron chi connectivity index (χ3n) is 5.32. The molecule has 0 aromatic carbocycles. The maximum Gasteiger partial charge on any atom is 0.220 e. The molecular formula is C17H28N4OS. The van der Waals surface area contributed by atoms with Gasteiger partial charge in [0.05, 0.1) is 0 Å². The Morgan fingerprint density at radius 1 is 1.35 bits per heavy atom. The standard InChI is InChI=1S/C17H28N4OS/c1-12(13-5-3-2-4-6-13)11-16(22)18-10-9-15-19-20-17(23)21(15)14-7-8-14/h12-14H,2-11H2,1H3,(H,18,22)(H,20,23). The van der Waals surface area contributed by atoms with Gasteiger partial charge in [-0.3, -0.25) is 9.89 Å². The van der Waals surface area contributed by atoms with Gasteiger partial charge in [-0.15, -0.1) is 0 Å². The van der Waals surface area contributed by atoms with Crippen molar-refractivity contribution in [3.8, 4) is 0 Å². The molecule has 2 fully saturated rings. The fourth-order valence-electron chi connectivity index (χ4n) is 3.77. The topological polar surface area (TPSA) is 62.7 Å². The highest BCUT2D eigenvalue weighted by Crippen LogP contribution is 2.35. The molecule has 2 aliphatic rings. The molecule has 1 heterocycles. The summed E-state index contributed by atoms with van der Waals surface area (Å²) in [7, 11) is 0. The first kappa shape index (κ1) is 16.7. The molecule has 1 aromatic heterocycles.